The number of tetrazole rings is 1. The van der Waals surface area contributed by atoms with Gasteiger partial charge in [-0.2, -0.15) is 0 Å². The Kier molecular flexibility index (Phi) is 3.42. The SMILES string of the molecule is CC(=O)c1ccc(Sc2nnnn2C2CC2)cc1[N+](=O)[O-]. The lowest BCUT2D eigenvalue weighted by Crippen LogP contribution is -2.01. The predicted octanol–water partition coefficient (Wildman–Crippen LogP) is 2.27. The highest BCUT2D eigenvalue weighted by atomic mass is 32.2. The second-order valence-electron chi connectivity index (χ2n) is 4.73. The number of nitro groups is 1. The number of aromatic nitrogens is 4. The Hall–Kier alpha value is -2.29. The number of carbonyl (C=O) groups excluding carboxylic acids is 1. The quantitative estimate of drug-likeness (QED) is 0.474. The fourth-order valence-corrected chi connectivity index (χ4v) is 2.80. The van der Waals surface area contributed by atoms with Crippen molar-refractivity contribution >= 4 is 23.2 Å². The van der Waals surface area contributed by atoms with E-state index >= 15 is 0 Å². The minimum Gasteiger partial charge on any atom is -0.294 e. The van der Waals surface area contributed by atoms with Gasteiger partial charge in [-0.25, -0.2) is 4.68 Å². The van der Waals surface area contributed by atoms with E-state index in [4.69, 9.17) is 0 Å². The van der Waals surface area contributed by atoms with Gasteiger partial charge in [0.05, 0.1) is 16.5 Å². The van der Waals surface area contributed by atoms with E-state index in [-0.39, 0.29) is 17.0 Å². The van der Waals surface area contributed by atoms with Gasteiger partial charge >= 0.3 is 0 Å². The fraction of sp³-hybridized carbons (Fsp3) is 0.333. The highest BCUT2D eigenvalue weighted by Gasteiger charge is 2.28. The maximum Gasteiger partial charge on any atom is 0.281 e. The van der Waals surface area contributed by atoms with E-state index in [9.17, 15) is 14.9 Å². The van der Waals surface area contributed by atoms with Gasteiger partial charge in [0.15, 0.2) is 5.78 Å². The van der Waals surface area contributed by atoms with Crippen LogP contribution in [0.15, 0.2) is 28.3 Å². The van der Waals surface area contributed by atoms with Crippen molar-refractivity contribution < 1.29 is 9.72 Å². The Morgan fingerprint density at radius 2 is 2.24 bits per heavy atom. The van der Waals surface area contributed by atoms with Crippen LogP contribution in [0.5, 0.6) is 0 Å². The van der Waals surface area contributed by atoms with Crippen LogP contribution < -0.4 is 0 Å². The summed E-state index contributed by atoms with van der Waals surface area (Å²) in [6.45, 7) is 1.31. The van der Waals surface area contributed by atoms with Gasteiger partial charge < -0.3 is 0 Å². The first-order valence-electron chi connectivity index (χ1n) is 6.31. The smallest absolute Gasteiger partial charge is 0.281 e. The highest BCUT2D eigenvalue weighted by Crippen LogP contribution is 2.38. The van der Waals surface area contributed by atoms with Crippen LogP contribution in [-0.4, -0.2) is 30.9 Å². The Morgan fingerprint density at radius 3 is 2.86 bits per heavy atom. The summed E-state index contributed by atoms with van der Waals surface area (Å²) in [5.41, 5.74) is -0.0934. The molecule has 1 aromatic carbocycles. The highest BCUT2D eigenvalue weighted by molar-refractivity contribution is 7.99. The van der Waals surface area contributed by atoms with Crippen LogP contribution >= 0.6 is 11.8 Å². The predicted molar refractivity (Wildman–Crippen MR) is 73.3 cm³/mol. The van der Waals surface area contributed by atoms with Gasteiger partial charge in [-0.1, -0.05) is 0 Å². The Morgan fingerprint density at radius 1 is 1.48 bits per heavy atom. The molecule has 0 saturated heterocycles. The van der Waals surface area contributed by atoms with Gasteiger partial charge in [0.2, 0.25) is 5.16 Å². The summed E-state index contributed by atoms with van der Waals surface area (Å²) in [5, 5.41) is 23.2. The average molecular weight is 305 g/mol. The second kappa shape index (κ2) is 5.24. The molecule has 0 atom stereocenters. The largest absolute Gasteiger partial charge is 0.294 e. The Labute approximate surface area is 123 Å². The first kappa shape index (κ1) is 13.7. The van der Waals surface area contributed by atoms with Gasteiger partial charge in [0.25, 0.3) is 5.69 Å². The second-order valence-corrected chi connectivity index (χ2v) is 5.77. The number of rotatable bonds is 5. The molecule has 0 aliphatic heterocycles. The van der Waals surface area contributed by atoms with Crippen LogP contribution in [0.4, 0.5) is 5.69 Å². The van der Waals surface area contributed by atoms with Crippen molar-refractivity contribution in [3.8, 4) is 0 Å². The maximum absolute atomic E-state index is 11.4. The van der Waals surface area contributed by atoms with Crippen molar-refractivity contribution in [2.24, 2.45) is 0 Å². The summed E-state index contributed by atoms with van der Waals surface area (Å²) in [4.78, 5) is 22.5. The molecule has 21 heavy (non-hydrogen) atoms. The van der Waals surface area contributed by atoms with Crippen molar-refractivity contribution in [3.63, 3.8) is 0 Å². The van der Waals surface area contributed by atoms with E-state index in [0.29, 0.717) is 16.1 Å². The van der Waals surface area contributed by atoms with Crippen molar-refractivity contribution in [1.82, 2.24) is 20.2 Å². The molecule has 0 N–H and O–H groups in total. The molecule has 3 rings (SSSR count). The minimum atomic E-state index is -0.551. The summed E-state index contributed by atoms with van der Waals surface area (Å²) in [7, 11) is 0. The van der Waals surface area contributed by atoms with Gasteiger partial charge in [-0.15, -0.1) is 5.10 Å². The number of hydrogen-bond acceptors (Lipinski definition) is 7. The van der Waals surface area contributed by atoms with Crippen molar-refractivity contribution in [2.75, 3.05) is 0 Å². The molecule has 0 spiro atoms. The van der Waals surface area contributed by atoms with E-state index < -0.39 is 4.92 Å². The number of ketones is 1. The average Bonchev–Trinajstić information content (AvgIpc) is 3.19. The summed E-state index contributed by atoms with van der Waals surface area (Å²) >= 11 is 1.25. The standard InChI is InChI=1S/C12H11N5O3S/c1-7(18)10-5-4-9(6-11(10)17(19)20)21-12-13-14-15-16(12)8-2-3-8/h4-6,8H,2-3H2,1H3. The summed E-state index contributed by atoms with van der Waals surface area (Å²) in [5.74, 6) is -0.332. The van der Waals surface area contributed by atoms with Crippen molar-refractivity contribution in [1.29, 1.82) is 0 Å². The number of benzene rings is 1. The molecule has 1 saturated carbocycles. The zero-order chi connectivity index (χ0) is 15.0. The van der Waals surface area contributed by atoms with E-state index in [1.807, 2.05) is 0 Å². The molecule has 1 fully saturated rings. The normalized spacial score (nSPS) is 14.1. The molecule has 1 heterocycles. The molecule has 9 heteroatoms. The van der Waals surface area contributed by atoms with E-state index in [1.54, 1.807) is 10.7 Å². The lowest BCUT2D eigenvalue weighted by atomic mass is 10.1. The van der Waals surface area contributed by atoms with E-state index in [2.05, 4.69) is 15.5 Å². The van der Waals surface area contributed by atoms with Crippen molar-refractivity contribution in [3.05, 3.63) is 33.9 Å². The van der Waals surface area contributed by atoms with Crippen LogP contribution in [0.25, 0.3) is 0 Å². The third-order valence-corrected chi connectivity index (χ3v) is 4.05. The third kappa shape index (κ3) is 2.77. The van der Waals surface area contributed by atoms with Crippen molar-refractivity contribution in [2.45, 2.75) is 35.9 Å². The molecule has 0 bridgehead atoms. The first-order chi connectivity index (χ1) is 10.1. The minimum absolute atomic E-state index is 0.103. The van der Waals surface area contributed by atoms with Crippen LogP contribution in [0.2, 0.25) is 0 Å². The van der Waals surface area contributed by atoms with Gasteiger partial charge in [-0.3, -0.25) is 14.9 Å². The van der Waals surface area contributed by atoms with Crippen LogP contribution in [0.3, 0.4) is 0 Å². The number of Topliss-reactive ketones (excluding diaryl/α,β-unsaturated/α-hetero) is 1. The van der Waals surface area contributed by atoms with Crippen LogP contribution in [0.1, 0.15) is 36.2 Å². The van der Waals surface area contributed by atoms with Gasteiger partial charge in [-0.05, 0) is 54.1 Å². The first-order valence-corrected chi connectivity index (χ1v) is 7.13. The molecular formula is C12H11N5O3S. The monoisotopic (exact) mass is 305 g/mol. The number of carbonyl (C=O) groups is 1. The number of hydrogen-bond donors (Lipinski definition) is 0. The van der Waals surface area contributed by atoms with E-state index in [1.165, 1.54) is 30.8 Å². The van der Waals surface area contributed by atoms with Crippen LogP contribution in [0, 0.1) is 10.1 Å². The van der Waals surface area contributed by atoms with Gasteiger partial charge in [0, 0.05) is 11.0 Å². The molecule has 0 unspecified atom stereocenters. The summed E-state index contributed by atoms with van der Waals surface area (Å²) < 4.78 is 1.73. The Bertz CT molecular complexity index is 725. The lowest BCUT2D eigenvalue weighted by molar-refractivity contribution is -0.385. The molecular weight excluding hydrogens is 294 g/mol. The molecule has 108 valence electrons. The lowest BCUT2D eigenvalue weighted by Gasteiger charge is -2.04. The summed E-state index contributed by atoms with van der Waals surface area (Å²) in [6.07, 6.45) is 2.09. The summed E-state index contributed by atoms with van der Waals surface area (Å²) in [6, 6.07) is 4.84. The zero-order valence-corrected chi connectivity index (χ0v) is 11.9. The van der Waals surface area contributed by atoms with Gasteiger partial charge in [0.1, 0.15) is 0 Å². The third-order valence-electron chi connectivity index (χ3n) is 3.11. The number of nitrogens with zero attached hydrogens (tertiary/aromatic N) is 5. The molecule has 0 radical (unpaired) electrons. The molecule has 1 aromatic heterocycles. The molecule has 1 aliphatic carbocycles. The zero-order valence-electron chi connectivity index (χ0n) is 11.1. The molecule has 0 amide bonds. The molecule has 1 aliphatic rings. The maximum atomic E-state index is 11.4. The van der Waals surface area contributed by atoms with Crippen LogP contribution in [-0.2, 0) is 0 Å². The number of nitro benzene ring substituents is 1. The van der Waals surface area contributed by atoms with E-state index in [0.717, 1.165) is 12.8 Å². The molecule has 8 nitrogen and oxygen atoms in total. The Balaban J connectivity index is 1.92. The fourth-order valence-electron chi connectivity index (χ4n) is 1.93. The molecule has 2 aromatic rings. The topological polar surface area (TPSA) is 104 Å².